The number of thiophene rings is 1. The highest BCUT2D eigenvalue weighted by Gasteiger charge is 2.21. The number of nitrogens with one attached hydrogen (secondary N) is 2. The van der Waals surface area contributed by atoms with Crippen LogP contribution in [0.25, 0.3) is 10.2 Å². The van der Waals surface area contributed by atoms with Crippen molar-refractivity contribution in [3.05, 3.63) is 44.8 Å². The molecule has 0 fully saturated rings. The molecule has 0 aliphatic carbocycles. The predicted octanol–water partition coefficient (Wildman–Crippen LogP) is 2.41. The van der Waals surface area contributed by atoms with Crippen LogP contribution in [0.1, 0.15) is 21.1 Å². The second-order valence-corrected chi connectivity index (χ2v) is 7.08. The van der Waals surface area contributed by atoms with Crippen molar-refractivity contribution in [3.8, 4) is 11.5 Å². The van der Waals surface area contributed by atoms with Crippen LogP contribution in [0, 0.1) is 13.8 Å². The van der Waals surface area contributed by atoms with Gasteiger partial charge in [0.15, 0.2) is 18.1 Å². The average Bonchev–Trinajstić information content (AvgIpc) is 3.02. The van der Waals surface area contributed by atoms with Crippen LogP contribution in [-0.4, -0.2) is 42.7 Å². The van der Waals surface area contributed by atoms with Gasteiger partial charge in [-0.2, -0.15) is 0 Å². The lowest BCUT2D eigenvalue weighted by Gasteiger charge is -2.10. The highest BCUT2D eigenvalue weighted by atomic mass is 32.1. The van der Waals surface area contributed by atoms with Crippen molar-refractivity contribution in [1.82, 2.24) is 9.97 Å². The lowest BCUT2D eigenvalue weighted by Crippen LogP contribution is -2.21. The summed E-state index contributed by atoms with van der Waals surface area (Å²) in [4.78, 5) is 44.2. The number of ether oxygens (including phenoxy) is 3. The van der Waals surface area contributed by atoms with E-state index >= 15 is 0 Å². The number of esters is 1. The number of carbonyl (C=O) groups excluding carboxylic acids is 2. The number of fused-ring (bicyclic) bond motifs is 1. The predicted molar refractivity (Wildman–Crippen MR) is 108 cm³/mol. The number of H-pyrrole nitrogens is 1. The molecule has 0 aliphatic heterocycles. The Morgan fingerprint density at radius 1 is 1.17 bits per heavy atom. The molecule has 0 bridgehead atoms. The van der Waals surface area contributed by atoms with Crippen molar-refractivity contribution in [2.75, 3.05) is 26.1 Å². The lowest BCUT2D eigenvalue weighted by molar-refractivity contribution is -0.119. The average molecular weight is 417 g/mol. The minimum atomic E-state index is -0.690. The zero-order valence-corrected chi connectivity index (χ0v) is 17.1. The smallest absolute Gasteiger partial charge is 0.349 e. The van der Waals surface area contributed by atoms with Crippen LogP contribution < -0.4 is 20.3 Å². The molecule has 2 N–H and O–H groups in total. The molecule has 0 atom stereocenters. The van der Waals surface area contributed by atoms with E-state index in [1.807, 2.05) is 0 Å². The number of aromatic amines is 1. The van der Waals surface area contributed by atoms with E-state index in [9.17, 15) is 14.4 Å². The van der Waals surface area contributed by atoms with Gasteiger partial charge in [-0.1, -0.05) is 0 Å². The summed E-state index contributed by atoms with van der Waals surface area (Å²) >= 11 is 1.06. The first-order valence-corrected chi connectivity index (χ1v) is 9.34. The summed E-state index contributed by atoms with van der Waals surface area (Å²) in [5.74, 6) is 0.228. The molecule has 0 saturated heterocycles. The van der Waals surface area contributed by atoms with Crippen LogP contribution in [0.3, 0.4) is 0 Å². The Morgan fingerprint density at radius 2 is 1.90 bits per heavy atom. The van der Waals surface area contributed by atoms with Gasteiger partial charge in [0.1, 0.15) is 15.5 Å². The molecule has 0 saturated carbocycles. The Bertz CT molecular complexity index is 1150. The Labute approximate surface area is 169 Å². The number of aryl methyl sites for hydroxylation is 2. The van der Waals surface area contributed by atoms with Crippen LogP contribution in [0.2, 0.25) is 0 Å². The van der Waals surface area contributed by atoms with Gasteiger partial charge in [0, 0.05) is 11.8 Å². The number of anilines is 1. The van der Waals surface area contributed by atoms with Gasteiger partial charge in [-0.3, -0.25) is 9.59 Å². The Kier molecular flexibility index (Phi) is 5.83. The third-order valence-electron chi connectivity index (χ3n) is 4.11. The van der Waals surface area contributed by atoms with E-state index in [1.54, 1.807) is 32.0 Å². The fourth-order valence-corrected chi connectivity index (χ4v) is 3.88. The number of aromatic nitrogens is 2. The maximum atomic E-state index is 12.4. The summed E-state index contributed by atoms with van der Waals surface area (Å²) in [5.41, 5.74) is 0.628. The molecule has 2 heterocycles. The quantitative estimate of drug-likeness (QED) is 0.591. The van der Waals surface area contributed by atoms with E-state index in [0.717, 1.165) is 11.3 Å². The molecule has 0 radical (unpaired) electrons. The molecule has 3 aromatic rings. The molecule has 1 amide bonds. The summed E-state index contributed by atoms with van der Waals surface area (Å²) in [6, 6.07) is 4.88. The number of carbonyl (C=O) groups is 2. The van der Waals surface area contributed by atoms with Gasteiger partial charge in [-0.25, -0.2) is 9.78 Å². The minimum Gasteiger partial charge on any atom is -0.493 e. The highest BCUT2D eigenvalue weighted by Crippen LogP contribution is 2.30. The van der Waals surface area contributed by atoms with Crippen molar-refractivity contribution >= 4 is 39.1 Å². The van der Waals surface area contributed by atoms with Gasteiger partial charge in [-0.05, 0) is 31.5 Å². The fraction of sp³-hybridized carbons (Fsp3) is 0.263. The first kappa shape index (κ1) is 20.3. The highest BCUT2D eigenvalue weighted by molar-refractivity contribution is 7.20. The van der Waals surface area contributed by atoms with E-state index < -0.39 is 18.5 Å². The van der Waals surface area contributed by atoms with Gasteiger partial charge in [0.05, 0.1) is 19.6 Å². The van der Waals surface area contributed by atoms with Crippen molar-refractivity contribution in [2.24, 2.45) is 0 Å². The van der Waals surface area contributed by atoms with Crippen LogP contribution in [0.15, 0.2) is 23.0 Å². The summed E-state index contributed by atoms with van der Waals surface area (Å²) in [7, 11) is 3.00. The normalized spacial score (nSPS) is 10.6. The monoisotopic (exact) mass is 417 g/mol. The topological polar surface area (TPSA) is 120 Å². The Hall–Kier alpha value is -3.40. The van der Waals surface area contributed by atoms with Gasteiger partial charge >= 0.3 is 5.97 Å². The number of rotatable bonds is 6. The third kappa shape index (κ3) is 4.21. The van der Waals surface area contributed by atoms with Gasteiger partial charge in [-0.15, -0.1) is 11.3 Å². The molecule has 2 aromatic heterocycles. The minimum absolute atomic E-state index is 0.238. The number of benzene rings is 1. The lowest BCUT2D eigenvalue weighted by atomic mass is 10.2. The van der Waals surface area contributed by atoms with E-state index in [0.29, 0.717) is 38.8 Å². The standard InChI is InChI=1S/C19H19N3O6S/c1-9-15-17(24)20-10(2)21-18(15)29-16(9)19(25)28-8-14(23)22-11-5-6-12(26-3)13(7-11)27-4/h5-7H,8H2,1-4H3,(H,22,23)(H,20,21,24). The first-order valence-electron chi connectivity index (χ1n) is 8.53. The van der Waals surface area contributed by atoms with E-state index in [4.69, 9.17) is 14.2 Å². The second-order valence-electron chi connectivity index (χ2n) is 6.08. The third-order valence-corrected chi connectivity index (χ3v) is 5.27. The number of methoxy groups -OCH3 is 2. The molecule has 9 nitrogen and oxygen atoms in total. The first-order chi connectivity index (χ1) is 13.8. The zero-order chi connectivity index (χ0) is 21.1. The van der Waals surface area contributed by atoms with Crippen molar-refractivity contribution in [2.45, 2.75) is 13.8 Å². The van der Waals surface area contributed by atoms with Crippen molar-refractivity contribution < 1.29 is 23.8 Å². The summed E-state index contributed by atoms with van der Waals surface area (Å²) in [6.45, 7) is 2.82. The Balaban J connectivity index is 1.69. The maximum Gasteiger partial charge on any atom is 0.349 e. The summed E-state index contributed by atoms with van der Waals surface area (Å²) in [5, 5.41) is 2.97. The Morgan fingerprint density at radius 3 is 2.59 bits per heavy atom. The molecule has 10 heteroatoms. The van der Waals surface area contributed by atoms with Crippen LogP contribution in [0.5, 0.6) is 11.5 Å². The van der Waals surface area contributed by atoms with Crippen LogP contribution >= 0.6 is 11.3 Å². The van der Waals surface area contributed by atoms with E-state index in [2.05, 4.69) is 15.3 Å². The largest absolute Gasteiger partial charge is 0.493 e. The molecular weight excluding hydrogens is 398 g/mol. The van der Waals surface area contributed by atoms with E-state index in [-0.39, 0.29) is 10.4 Å². The summed E-state index contributed by atoms with van der Waals surface area (Å²) in [6.07, 6.45) is 0. The van der Waals surface area contributed by atoms with Gasteiger partial charge in [0.25, 0.3) is 11.5 Å². The SMILES string of the molecule is COc1ccc(NC(=O)COC(=O)c2sc3nc(C)[nH]c(=O)c3c2C)cc1OC. The molecule has 3 rings (SSSR count). The molecule has 0 unspecified atom stereocenters. The zero-order valence-electron chi connectivity index (χ0n) is 16.2. The van der Waals surface area contributed by atoms with Gasteiger partial charge < -0.3 is 24.5 Å². The number of hydrogen-bond acceptors (Lipinski definition) is 8. The molecular formula is C19H19N3O6S. The van der Waals surface area contributed by atoms with Crippen LogP contribution in [0.4, 0.5) is 5.69 Å². The van der Waals surface area contributed by atoms with Gasteiger partial charge in [0.2, 0.25) is 0 Å². The molecule has 29 heavy (non-hydrogen) atoms. The summed E-state index contributed by atoms with van der Waals surface area (Å²) < 4.78 is 15.4. The number of amides is 1. The van der Waals surface area contributed by atoms with Crippen LogP contribution in [-0.2, 0) is 9.53 Å². The second kappa shape index (κ2) is 8.31. The number of nitrogens with zero attached hydrogens (tertiary/aromatic N) is 1. The maximum absolute atomic E-state index is 12.4. The van der Waals surface area contributed by atoms with E-state index in [1.165, 1.54) is 14.2 Å². The number of hydrogen-bond donors (Lipinski definition) is 2. The van der Waals surface area contributed by atoms with Crippen molar-refractivity contribution in [3.63, 3.8) is 0 Å². The molecule has 0 spiro atoms. The molecule has 0 aliphatic rings. The fourth-order valence-electron chi connectivity index (χ4n) is 2.75. The molecule has 1 aromatic carbocycles. The molecule has 152 valence electrons. The van der Waals surface area contributed by atoms with Crippen molar-refractivity contribution in [1.29, 1.82) is 0 Å².